The number of morpholine rings is 1. The lowest BCUT2D eigenvalue weighted by Gasteiger charge is -2.26. The van der Waals surface area contributed by atoms with Crippen molar-refractivity contribution in [3.63, 3.8) is 0 Å². The first kappa shape index (κ1) is 24.4. The normalized spacial score (nSPS) is 14.1. The number of carbonyl (C=O) groups is 1. The molecule has 0 aliphatic carbocycles. The van der Waals surface area contributed by atoms with Crippen LogP contribution in [0.1, 0.15) is 21.6 Å². The zero-order valence-corrected chi connectivity index (χ0v) is 19.6. The van der Waals surface area contributed by atoms with Gasteiger partial charge in [0.2, 0.25) is 11.7 Å². The summed E-state index contributed by atoms with van der Waals surface area (Å²) in [5, 5.41) is 8.23. The van der Waals surface area contributed by atoms with Crippen LogP contribution in [0.15, 0.2) is 53.3 Å². The molecule has 3 aromatic heterocycles. The van der Waals surface area contributed by atoms with Gasteiger partial charge in [-0.3, -0.25) is 9.48 Å². The highest BCUT2D eigenvalue weighted by Gasteiger charge is 2.30. The number of alkyl halides is 3. The molecular formula is C24H21F3N6O4. The van der Waals surface area contributed by atoms with Gasteiger partial charge in [0.1, 0.15) is 6.61 Å². The number of pyridine rings is 1. The van der Waals surface area contributed by atoms with E-state index in [4.69, 9.17) is 14.0 Å². The van der Waals surface area contributed by atoms with Crippen LogP contribution in [0.25, 0.3) is 22.8 Å². The maximum absolute atomic E-state index is 12.7. The van der Waals surface area contributed by atoms with E-state index in [0.29, 0.717) is 60.7 Å². The van der Waals surface area contributed by atoms with Crippen molar-refractivity contribution in [1.29, 1.82) is 0 Å². The third-order valence-electron chi connectivity index (χ3n) is 5.83. The van der Waals surface area contributed by atoms with E-state index in [1.54, 1.807) is 36.2 Å². The van der Waals surface area contributed by atoms with Gasteiger partial charge in [0.15, 0.2) is 0 Å². The van der Waals surface area contributed by atoms with E-state index < -0.39 is 11.7 Å². The summed E-state index contributed by atoms with van der Waals surface area (Å²) in [5.74, 6) is 0.473. The van der Waals surface area contributed by atoms with Crippen LogP contribution in [0.4, 0.5) is 13.2 Å². The lowest BCUT2D eigenvalue weighted by atomic mass is 10.1. The van der Waals surface area contributed by atoms with E-state index in [1.165, 1.54) is 10.9 Å². The second-order valence-electron chi connectivity index (χ2n) is 8.21. The van der Waals surface area contributed by atoms with Gasteiger partial charge in [-0.05, 0) is 18.2 Å². The summed E-state index contributed by atoms with van der Waals surface area (Å²) in [6, 6.07) is 8.96. The molecule has 0 saturated carbocycles. The molecule has 10 nitrogen and oxygen atoms in total. The highest BCUT2D eigenvalue weighted by molar-refractivity contribution is 5.94. The molecule has 5 rings (SSSR count). The Bertz CT molecular complexity index is 1380. The Balaban J connectivity index is 1.29. The van der Waals surface area contributed by atoms with Crippen molar-refractivity contribution in [3.8, 4) is 28.7 Å². The van der Waals surface area contributed by atoms with E-state index in [1.807, 2.05) is 0 Å². The fourth-order valence-electron chi connectivity index (χ4n) is 3.75. The molecule has 13 heteroatoms. The first-order chi connectivity index (χ1) is 17.8. The molecular weight excluding hydrogens is 493 g/mol. The minimum absolute atomic E-state index is 0.0260. The van der Waals surface area contributed by atoms with Crippen molar-refractivity contribution in [1.82, 2.24) is 29.8 Å². The first-order valence-electron chi connectivity index (χ1n) is 11.3. The Kier molecular flexibility index (Phi) is 6.61. The van der Waals surface area contributed by atoms with Gasteiger partial charge < -0.3 is 18.9 Å². The average molecular weight is 514 g/mol. The van der Waals surface area contributed by atoms with Gasteiger partial charge in [-0.1, -0.05) is 17.3 Å². The summed E-state index contributed by atoms with van der Waals surface area (Å²) in [4.78, 5) is 22.6. The number of nitrogens with zero attached hydrogens (tertiary/aromatic N) is 6. The number of hydrogen-bond donors (Lipinski definition) is 0. The third kappa shape index (κ3) is 5.31. The number of benzene rings is 1. The van der Waals surface area contributed by atoms with Gasteiger partial charge in [0.05, 0.1) is 36.2 Å². The first-order valence-corrected chi connectivity index (χ1v) is 11.3. The molecule has 1 amide bonds. The molecule has 4 heterocycles. The molecule has 0 radical (unpaired) electrons. The predicted octanol–water partition coefficient (Wildman–Crippen LogP) is 3.60. The number of halogens is 3. The summed E-state index contributed by atoms with van der Waals surface area (Å²) >= 11 is 0. The molecule has 1 fully saturated rings. The van der Waals surface area contributed by atoms with Crippen LogP contribution >= 0.6 is 0 Å². The Hall–Kier alpha value is -4.26. The van der Waals surface area contributed by atoms with Crippen molar-refractivity contribution >= 4 is 5.91 Å². The highest BCUT2D eigenvalue weighted by Crippen LogP contribution is 2.30. The molecule has 1 aromatic carbocycles. The number of hydrogen-bond acceptors (Lipinski definition) is 8. The lowest BCUT2D eigenvalue weighted by molar-refractivity contribution is -0.137. The van der Waals surface area contributed by atoms with E-state index in [2.05, 4.69) is 20.2 Å². The molecule has 4 aromatic rings. The van der Waals surface area contributed by atoms with Gasteiger partial charge in [0, 0.05) is 43.5 Å². The van der Waals surface area contributed by atoms with Crippen LogP contribution in [0.5, 0.6) is 5.88 Å². The Morgan fingerprint density at radius 1 is 1.08 bits per heavy atom. The molecule has 0 bridgehead atoms. The van der Waals surface area contributed by atoms with Crippen LogP contribution in [0.2, 0.25) is 0 Å². The number of aryl methyl sites for hydroxylation is 1. The van der Waals surface area contributed by atoms with Crippen LogP contribution in [0.3, 0.4) is 0 Å². The Morgan fingerprint density at radius 3 is 2.51 bits per heavy atom. The van der Waals surface area contributed by atoms with Gasteiger partial charge in [-0.25, -0.2) is 4.98 Å². The smallest absolute Gasteiger partial charge is 0.417 e. The number of aromatic nitrogens is 5. The van der Waals surface area contributed by atoms with Crippen LogP contribution < -0.4 is 4.74 Å². The molecule has 0 atom stereocenters. The molecule has 37 heavy (non-hydrogen) atoms. The molecule has 1 saturated heterocycles. The van der Waals surface area contributed by atoms with Crippen LogP contribution in [-0.2, 0) is 24.6 Å². The monoisotopic (exact) mass is 514 g/mol. The largest absolute Gasteiger partial charge is 0.471 e. The third-order valence-corrected chi connectivity index (χ3v) is 5.83. The topological polar surface area (TPSA) is 108 Å². The highest BCUT2D eigenvalue weighted by atomic mass is 19.4. The lowest BCUT2D eigenvalue weighted by Crippen LogP contribution is -2.40. The number of carbonyl (C=O) groups excluding carboxylic acids is 1. The zero-order valence-electron chi connectivity index (χ0n) is 19.6. The van der Waals surface area contributed by atoms with Crippen LogP contribution in [0, 0.1) is 0 Å². The SMILES string of the molecule is Cn1ncc(-c2nc(-c3ccc(C(=O)N4CCOCC4)cc3)no2)c1COc1ccc(C(F)(F)F)cn1. The fraction of sp³-hybridized carbons (Fsp3) is 0.292. The quantitative estimate of drug-likeness (QED) is 0.384. The zero-order chi connectivity index (χ0) is 26.0. The number of ether oxygens (including phenoxy) is 2. The second kappa shape index (κ2) is 10.0. The van der Waals surface area contributed by atoms with Crippen molar-refractivity contribution in [2.75, 3.05) is 26.3 Å². The summed E-state index contributed by atoms with van der Waals surface area (Å²) < 4.78 is 56.1. The standard InChI is InChI=1S/C24H21F3N6O4/c1-32-19(14-36-20-7-6-17(12-28-20)24(25,26)27)18(13-29-32)22-30-21(31-37-22)15-2-4-16(5-3-15)23(34)33-8-10-35-11-9-33/h2-7,12-13H,8-11,14H2,1H3. The van der Waals surface area contributed by atoms with Gasteiger partial charge in [-0.15, -0.1) is 0 Å². The summed E-state index contributed by atoms with van der Waals surface area (Å²) in [5.41, 5.74) is 1.41. The Labute approximate surface area is 208 Å². The van der Waals surface area contributed by atoms with E-state index in [9.17, 15) is 18.0 Å². The summed E-state index contributed by atoms with van der Waals surface area (Å²) in [7, 11) is 1.68. The molecule has 0 spiro atoms. The fourth-order valence-corrected chi connectivity index (χ4v) is 3.75. The van der Waals surface area contributed by atoms with Crippen molar-refractivity contribution in [2.24, 2.45) is 7.05 Å². The molecule has 192 valence electrons. The summed E-state index contributed by atoms with van der Waals surface area (Å²) in [6.07, 6.45) is -2.24. The predicted molar refractivity (Wildman–Crippen MR) is 122 cm³/mol. The maximum atomic E-state index is 12.7. The van der Waals surface area contributed by atoms with Gasteiger partial charge in [-0.2, -0.15) is 23.3 Å². The van der Waals surface area contributed by atoms with Crippen molar-refractivity contribution in [3.05, 3.63) is 65.6 Å². The van der Waals surface area contributed by atoms with E-state index >= 15 is 0 Å². The number of rotatable bonds is 6. The van der Waals surface area contributed by atoms with Crippen LogP contribution in [-0.4, -0.2) is 62.0 Å². The molecule has 1 aliphatic heterocycles. The summed E-state index contributed by atoms with van der Waals surface area (Å²) in [6.45, 7) is 2.12. The minimum Gasteiger partial charge on any atom is -0.471 e. The van der Waals surface area contributed by atoms with Gasteiger partial charge in [0.25, 0.3) is 11.8 Å². The Morgan fingerprint density at radius 2 is 1.84 bits per heavy atom. The van der Waals surface area contributed by atoms with Crippen molar-refractivity contribution in [2.45, 2.75) is 12.8 Å². The minimum atomic E-state index is -4.48. The van der Waals surface area contributed by atoms with Crippen molar-refractivity contribution < 1.29 is 32.0 Å². The second-order valence-corrected chi connectivity index (χ2v) is 8.21. The molecule has 1 aliphatic rings. The maximum Gasteiger partial charge on any atom is 0.417 e. The average Bonchev–Trinajstić information content (AvgIpc) is 3.54. The van der Waals surface area contributed by atoms with E-state index in [-0.39, 0.29) is 24.3 Å². The molecule has 0 unspecified atom stereocenters. The van der Waals surface area contributed by atoms with Gasteiger partial charge >= 0.3 is 6.18 Å². The molecule has 0 N–H and O–H groups in total. The number of amides is 1. The van der Waals surface area contributed by atoms with E-state index in [0.717, 1.165) is 12.1 Å².